The van der Waals surface area contributed by atoms with Crippen LogP contribution in [0.5, 0.6) is 0 Å². The number of hydrogen-bond acceptors (Lipinski definition) is 6. The van der Waals surface area contributed by atoms with Crippen molar-refractivity contribution in [3.05, 3.63) is 34.2 Å². The van der Waals surface area contributed by atoms with Crippen molar-refractivity contribution in [1.29, 1.82) is 5.26 Å². The Hall–Kier alpha value is -2.40. The Kier molecular flexibility index (Phi) is 3.99. The second-order valence-corrected chi connectivity index (χ2v) is 8.22. The highest BCUT2D eigenvalue weighted by Crippen LogP contribution is 2.31. The van der Waals surface area contributed by atoms with Crippen LogP contribution in [0, 0.1) is 17.2 Å². The topological polar surface area (TPSA) is 74.8 Å². The van der Waals surface area contributed by atoms with Crippen molar-refractivity contribution in [3.8, 4) is 17.3 Å². The van der Waals surface area contributed by atoms with E-state index in [0.29, 0.717) is 47.8 Å². The summed E-state index contributed by atoms with van der Waals surface area (Å²) in [6, 6.07) is 5.57. The van der Waals surface area contributed by atoms with Crippen LogP contribution >= 0.6 is 11.8 Å². The number of aromatic nitrogens is 3. The Morgan fingerprint density at radius 1 is 1.42 bits per heavy atom. The van der Waals surface area contributed by atoms with Crippen molar-refractivity contribution in [2.45, 2.75) is 31.2 Å². The van der Waals surface area contributed by atoms with Crippen LogP contribution in [0.4, 0.5) is 10.2 Å². The van der Waals surface area contributed by atoms with Crippen LogP contribution in [0.15, 0.2) is 28.3 Å². The Morgan fingerprint density at radius 2 is 2.19 bits per heavy atom. The van der Waals surface area contributed by atoms with Crippen molar-refractivity contribution in [2.24, 2.45) is 5.92 Å². The summed E-state index contributed by atoms with van der Waals surface area (Å²) in [7, 11) is 0. The highest BCUT2D eigenvalue weighted by molar-refractivity contribution is 7.99. The minimum Gasteiger partial charge on any atom is -0.350 e. The van der Waals surface area contributed by atoms with Crippen molar-refractivity contribution in [3.63, 3.8) is 0 Å². The van der Waals surface area contributed by atoms with Crippen LogP contribution in [0.3, 0.4) is 0 Å². The van der Waals surface area contributed by atoms with Gasteiger partial charge in [0.05, 0.1) is 18.8 Å². The fraction of sp³-hybridized carbons (Fsp3) is 0.444. The van der Waals surface area contributed by atoms with E-state index in [4.69, 9.17) is 0 Å². The summed E-state index contributed by atoms with van der Waals surface area (Å²) in [6.45, 7) is 4.85. The molecule has 26 heavy (non-hydrogen) atoms. The van der Waals surface area contributed by atoms with E-state index in [-0.39, 0.29) is 11.1 Å². The lowest BCUT2D eigenvalue weighted by atomic mass is 9.99. The first-order valence-corrected chi connectivity index (χ1v) is 9.44. The minimum absolute atomic E-state index is 0.0401. The van der Waals surface area contributed by atoms with E-state index < -0.39 is 5.67 Å². The summed E-state index contributed by atoms with van der Waals surface area (Å²) in [5.41, 5.74) is -0.445. The lowest BCUT2D eigenvalue weighted by Gasteiger charge is -2.42. The molecule has 4 heterocycles. The van der Waals surface area contributed by atoms with Gasteiger partial charge < -0.3 is 4.90 Å². The molecule has 1 fully saturated rings. The zero-order valence-corrected chi connectivity index (χ0v) is 15.4. The molecule has 4 rings (SSSR count). The van der Waals surface area contributed by atoms with Gasteiger partial charge in [-0.15, -0.1) is 0 Å². The van der Waals surface area contributed by atoms with E-state index in [0.717, 1.165) is 5.75 Å². The van der Waals surface area contributed by atoms with Gasteiger partial charge in [0.1, 0.15) is 23.1 Å². The summed E-state index contributed by atoms with van der Waals surface area (Å²) in [5, 5.41) is 10.1. The van der Waals surface area contributed by atoms with Gasteiger partial charge in [-0.1, -0.05) is 18.7 Å². The van der Waals surface area contributed by atoms with Crippen LogP contribution in [0.2, 0.25) is 0 Å². The van der Waals surface area contributed by atoms with Crippen LogP contribution in [0.1, 0.15) is 19.4 Å². The van der Waals surface area contributed by atoms with Gasteiger partial charge in [0, 0.05) is 24.1 Å². The van der Waals surface area contributed by atoms with Crippen LogP contribution in [0.25, 0.3) is 11.3 Å². The number of hydrogen-bond donors (Lipinski definition) is 0. The summed E-state index contributed by atoms with van der Waals surface area (Å²) in [5.74, 6) is 1.94. The highest BCUT2D eigenvalue weighted by Gasteiger charge is 2.39. The first kappa shape index (κ1) is 17.0. The smallest absolute Gasteiger partial charge is 0.272 e. The van der Waals surface area contributed by atoms with E-state index in [1.807, 2.05) is 11.0 Å². The zero-order valence-electron chi connectivity index (χ0n) is 14.6. The Morgan fingerprint density at radius 3 is 2.81 bits per heavy atom. The van der Waals surface area contributed by atoms with Gasteiger partial charge in [-0.2, -0.15) is 5.26 Å². The molecule has 2 aromatic rings. The zero-order chi connectivity index (χ0) is 18.5. The molecule has 1 atom stereocenters. The Balaban J connectivity index is 1.71. The normalized spacial score (nSPS) is 20.8. The summed E-state index contributed by atoms with van der Waals surface area (Å²) < 4.78 is 15.2. The Bertz CT molecular complexity index is 955. The van der Waals surface area contributed by atoms with Crippen molar-refractivity contribution >= 4 is 17.6 Å². The van der Waals surface area contributed by atoms with E-state index in [9.17, 15) is 14.4 Å². The van der Waals surface area contributed by atoms with Gasteiger partial charge in [-0.25, -0.2) is 14.4 Å². The molecule has 1 saturated heterocycles. The average molecular weight is 371 g/mol. The van der Waals surface area contributed by atoms with Crippen molar-refractivity contribution in [2.75, 3.05) is 23.7 Å². The minimum atomic E-state index is -1.17. The summed E-state index contributed by atoms with van der Waals surface area (Å²) in [6.07, 6.45) is 1.60. The van der Waals surface area contributed by atoms with Crippen LogP contribution < -0.4 is 10.5 Å². The molecule has 2 aliphatic rings. The molecular weight excluding hydrogens is 353 g/mol. The predicted molar refractivity (Wildman–Crippen MR) is 98.1 cm³/mol. The third-order valence-electron chi connectivity index (χ3n) is 4.62. The number of alkyl halides is 1. The van der Waals surface area contributed by atoms with Gasteiger partial charge in [-0.05, 0) is 25.0 Å². The monoisotopic (exact) mass is 371 g/mol. The van der Waals surface area contributed by atoms with Crippen LogP contribution in [-0.2, 0) is 6.54 Å². The summed E-state index contributed by atoms with van der Waals surface area (Å²) >= 11 is 1.53. The maximum atomic E-state index is 13.7. The number of fused-ring (bicyclic) bond motifs is 1. The fourth-order valence-corrected chi connectivity index (χ4v) is 4.33. The van der Waals surface area contributed by atoms with Gasteiger partial charge >= 0.3 is 0 Å². The molecule has 0 saturated carbocycles. The van der Waals surface area contributed by atoms with E-state index in [2.05, 4.69) is 16.9 Å². The second kappa shape index (κ2) is 6.09. The van der Waals surface area contributed by atoms with Crippen molar-refractivity contribution in [1.82, 2.24) is 14.5 Å². The summed E-state index contributed by atoms with van der Waals surface area (Å²) in [4.78, 5) is 23.5. The molecule has 0 aromatic carbocycles. The third kappa shape index (κ3) is 2.86. The SMILES string of the molecule is CC1CSc2nc(-c3ccc(N4CC(C)(F)C4)nc3)c(C#N)c(=O)n2C1. The number of anilines is 1. The molecule has 0 N–H and O–H groups in total. The number of halogens is 1. The Labute approximate surface area is 154 Å². The number of nitriles is 1. The largest absolute Gasteiger partial charge is 0.350 e. The standard InChI is InChI=1S/C18H18FN5OS/c1-11-7-24-16(25)13(5-20)15(22-17(24)26-8-11)12-3-4-14(21-6-12)23-9-18(2,19)10-23/h3-4,6,11H,7-10H2,1-2H3. The van der Waals surface area contributed by atoms with E-state index in [1.165, 1.54) is 11.8 Å². The molecular formula is C18H18FN5OS. The molecule has 2 aliphatic heterocycles. The number of rotatable bonds is 2. The molecule has 0 spiro atoms. The van der Waals surface area contributed by atoms with Gasteiger partial charge in [-0.3, -0.25) is 9.36 Å². The lowest BCUT2D eigenvalue weighted by Crippen LogP contribution is -2.57. The fourth-order valence-electron chi connectivity index (χ4n) is 3.32. The molecule has 0 amide bonds. The number of pyridine rings is 1. The first-order valence-electron chi connectivity index (χ1n) is 8.46. The van der Waals surface area contributed by atoms with Crippen LogP contribution in [-0.4, -0.2) is 39.0 Å². The molecule has 8 heteroatoms. The van der Waals surface area contributed by atoms with Crippen molar-refractivity contribution < 1.29 is 4.39 Å². The molecule has 0 radical (unpaired) electrons. The maximum absolute atomic E-state index is 13.7. The highest BCUT2D eigenvalue weighted by atomic mass is 32.2. The van der Waals surface area contributed by atoms with Gasteiger partial charge in [0.15, 0.2) is 5.16 Å². The number of nitrogens with zero attached hydrogens (tertiary/aromatic N) is 5. The second-order valence-electron chi connectivity index (χ2n) is 7.24. The van der Waals surface area contributed by atoms with Gasteiger partial charge in [0.25, 0.3) is 5.56 Å². The number of thioether (sulfide) groups is 1. The quantitative estimate of drug-likeness (QED) is 0.755. The predicted octanol–water partition coefficient (Wildman–Crippen LogP) is 2.47. The molecule has 6 nitrogen and oxygen atoms in total. The third-order valence-corrected chi connectivity index (χ3v) is 5.93. The lowest BCUT2D eigenvalue weighted by molar-refractivity contribution is 0.144. The average Bonchev–Trinajstić information content (AvgIpc) is 2.60. The molecule has 1 unspecified atom stereocenters. The molecule has 2 aromatic heterocycles. The maximum Gasteiger partial charge on any atom is 0.272 e. The van der Waals surface area contributed by atoms with E-state index in [1.54, 1.807) is 29.8 Å². The molecule has 134 valence electrons. The molecule has 0 bridgehead atoms. The first-order chi connectivity index (χ1) is 12.4. The molecule has 0 aliphatic carbocycles. The van der Waals surface area contributed by atoms with E-state index >= 15 is 0 Å². The van der Waals surface area contributed by atoms with Gasteiger partial charge in [0.2, 0.25) is 0 Å².